The van der Waals surface area contributed by atoms with Gasteiger partial charge in [-0.3, -0.25) is 4.79 Å². The van der Waals surface area contributed by atoms with Gasteiger partial charge in [0.2, 0.25) is 5.91 Å². The Morgan fingerprint density at radius 2 is 1.50 bits per heavy atom. The largest absolute Gasteiger partial charge is 0.480 e. The van der Waals surface area contributed by atoms with E-state index in [1.54, 1.807) is 0 Å². The Labute approximate surface area is 170 Å². The van der Waals surface area contributed by atoms with E-state index < -0.39 is 24.3 Å². The van der Waals surface area contributed by atoms with Crippen molar-refractivity contribution >= 4 is 11.9 Å². The number of carbonyl (C=O) groups is 2. The third kappa shape index (κ3) is 13.9. The molecule has 6 N–H and O–H groups in total. The van der Waals surface area contributed by atoms with Crippen molar-refractivity contribution in [2.45, 2.75) is 110 Å². The summed E-state index contributed by atoms with van der Waals surface area (Å²) < 4.78 is 0. The molecule has 0 aliphatic carbocycles. The predicted octanol–water partition coefficient (Wildman–Crippen LogP) is 2.78. The van der Waals surface area contributed by atoms with Crippen molar-refractivity contribution in [2.24, 2.45) is 17.6 Å². The smallest absolute Gasteiger partial charge is 0.326 e. The van der Waals surface area contributed by atoms with Crippen LogP contribution >= 0.6 is 0 Å². The summed E-state index contributed by atoms with van der Waals surface area (Å²) in [5.41, 5.74) is 5.11. The fourth-order valence-corrected chi connectivity index (χ4v) is 3.33. The highest BCUT2D eigenvalue weighted by Gasteiger charge is 2.25. The number of amides is 1. The molecule has 0 aromatic rings. The quantitative estimate of drug-likeness (QED) is 0.188. The molecule has 0 heterocycles. The summed E-state index contributed by atoms with van der Waals surface area (Å²) in [5.74, 6) is -0.00850. The van der Waals surface area contributed by atoms with Gasteiger partial charge < -0.3 is 26.4 Å². The van der Waals surface area contributed by atoms with Gasteiger partial charge in [0.15, 0.2) is 0 Å². The van der Waals surface area contributed by atoms with Crippen molar-refractivity contribution < 1.29 is 24.9 Å². The lowest BCUT2D eigenvalue weighted by molar-refractivity contribution is -0.143. The maximum Gasteiger partial charge on any atom is 0.326 e. The predicted molar refractivity (Wildman–Crippen MR) is 111 cm³/mol. The Bertz CT molecular complexity index is 431. The van der Waals surface area contributed by atoms with Gasteiger partial charge in [0.25, 0.3) is 0 Å². The van der Waals surface area contributed by atoms with Crippen molar-refractivity contribution in [1.29, 1.82) is 0 Å². The average Bonchev–Trinajstić information content (AvgIpc) is 2.62. The third-order valence-corrected chi connectivity index (χ3v) is 5.36. The molecule has 0 aliphatic rings. The SMILES string of the molecule is CCC(C)CC(C)CCCCCCCCC(=O)N[C@@H](C[C@@H](O)[C@H](N)O)C(=O)O. The fraction of sp³-hybridized carbons (Fsp3) is 0.905. The van der Waals surface area contributed by atoms with E-state index in [1.807, 2.05) is 0 Å². The van der Waals surface area contributed by atoms with Crippen LogP contribution in [0.15, 0.2) is 0 Å². The first-order valence-electron chi connectivity index (χ1n) is 10.8. The van der Waals surface area contributed by atoms with Gasteiger partial charge in [-0.1, -0.05) is 65.7 Å². The lowest BCUT2D eigenvalue weighted by Gasteiger charge is -2.19. The maximum atomic E-state index is 11.9. The molecular weight excluding hydrogens is 360 g/mol. The van der Waals surface area contributed by atoms with Gasteiger partial charge in [-0.2, -0.15) is 0 Å². The molecular formula is C21H42N2O5. The Kier molecular flexibility index (Phi) is 15.0. The number of nitrogens with one attached hydrogen (secondary N) is 1. The van der Waals surface area contributed by atoms with E-state index in [0.29, 0.717) is 6.42 Å². The van der Waals surface area contributed by atoms with E-state index in [2.05, 4.69) is 26.1 Å². The number of rotatable bonds is 17. The van der Waals surface area contributed by atoms with Crippen LogP contribution in [0.2, 0.25) is 0 Å². The average molecular weight is 403 g/mol. The highest BCUT2D eigenvalue weighted by atomic mass is 16.4. The summed E-state index contributed by atoms with van der Waals surface area (Å²) in [6.07, 6.45) is 7.23. The van der Waals surface area contributed by atoms with Gasteiger partial charge in [0, 0.05) is 12.8 Å². The van der Waals surface area contributed by atoms with Gasteiger partial charge in [-0.15, -0.1) is 0 Å². The molecule has 2 unspecified atom stereocenters. The zero-order valence-corrected chi connectivity index (χ0v) is 17.9. The molecule has 7 heteroatoms. The molecule has 1 amide bonds. The third-order valence-electron chi connectivity index (χ3n) is 5.36. The van der Waals surface area contributed by atoms with Crippen LogP contribution in [0.3, 0.4) is 0 Å². The lowest BCUT2D eigenvalue weighted by atomic mass is 9.91. The first kappa shape index (κ1) is 26.8. The normalized spacial score (nSPS) is 16.8. The molecule has 5 atom stereocenters. The Morgan fingerprint density at radius 3 is 2.04 bits per heavy atom. The molecule has 7 nitrogen and oxygen atoms in total. The van der Waals surface area contributed by atoms with Crippen molar-refractivity contribution in [3.8, 4) is 0 Å². The number of aliphatic carboxylic acids is 1. The molecule has 0 spiro atoms. The van der Waals surface area contributed by atoms with Crippen LogP contribution in [0.1, 0.15) is 91.4 Å². The molecule has 0 saturated carbocycles. The number of hydrogen-bond acceptors (Lipinski definition) is 5. The summed E-state index contributed by atoms with van der Waals surface area (Å²) in [4.78, 5) is 23.0. The summed E-state index contributed by atoms with van der Waals surface area (Å²) in [6, 6.07) is -1.25. The van der Waals surface area contributed by atoms with Crippen LogP contribution in [0, 0.1) is 11.8 Å². The first-order valence-corrected chi connectivity index (χ1v) is 10.8. The second-order valence-electron chi connectivity index (χ2n) is 8.27. The van der Waals surface area contributed by atoms with Crippen molar-refractivity contribution in [3.05, 3.63) is 0 Å². The molecule has 0 aromatic heterocycles. The minimum absolute atomic E-state index is 0.261. The second kappa shape index (κ2) is 15.7. The van der Waals surface area contributed by atoms with Crippen LogP contribution < -0.4 is 11.1 Å². The van der Waals surface area contributed by atoms with E-state index in [4.69, 9.17) is 15.9 Å². The van der Waals surface area contributed by atoms with Crippen LogP contribution in [-0.4, -0.2) is 45.6 Å². The van der Waals surface area contributed by atoms with E-state index in [-0.39, 0.29) is 18.7 Å². The van der Waals surface area contributed by atoms with Gasteiger partial charge in [0.05, 0.1) is 6.10 Å². The second-order valence-corrected chi connectivity index (χ2v) is 8.27. The summed E-state index contributed by atoms with van der Waals surface area (Å²) in [7, 11) is 0. The molecule has 0 aromatic carbocycles. The number of aliphatic hydroxyl groups excluding tert-OH is 2. The van der Waals surface area contributed by atoms with Crippen LogP contribution in [0.4, 0.5) is 0 Å². The van der Waals surface area contributed by atoms with E-state index in [9.17, 15) is 14.7 Å². The van der Waals surface area contributed by atoms with Gasteiger partial charge in [-0.25, -0.2) is 4.79 Å². The van der Waals surface area contributed by atoms with Gasteiger partial charge in [0.1, 0.15) is 12.3 Å². The molecule has 0 aliphatic heterocycles. The highest BCUT2D eigenvalue weighted by Crippen LogP contribution is 2.20. The van der Waals surface area contributed by atoms with Crippen LogP contribution in [0.5, 0.6) is 0 Å². The van der Waals surface area contributed by atoms with Crippen molar-refractivity contribution in [2.75, 3.05) is 0 Å². The number of carbonyl (C=O) groups excluding carboxylic acids is 1. The number of unbranched alkanes of at least 4 members (excludes halogenated alkanes) is 5. The molecule has 0 rings (SSSR count). The van der Waals surface area contributed by atoms with E-state index in [1.165, 1.54) is 32.1 Å². The lowest BCUT2D eigenvalue weighted by Crippen LogP contribution is -2.46. The molecule has 0 saturated heterocycles. The topological polar surface area (TPSA) is 133 Å². The van der Waals surface area contributed by atoms with Crippen LogP contribution in [0.25, 0.3) is 0 Å². The Balaban J connectivity index is 3.79. The zero-order valence-electron chi connectivity index (χ0n) is 17.9. The van der Waals surface area contributed by atoms with Crippen molar-refractivity contribution in [1.82, 2.24) is 5.32 Å². The van der Waals surface area contributed by atoms with Crippen LogP contribution in [-0.2, 0) is 9.59 Å². The monoisotopic (exact) mass is 402 g/mol. The standard InChI is InChI=1S/C21H42N2O5/c1-4-15(2)13-16(3)11-9-7-5-6-8-10-12-19(25)23-17(21(27)28)14-18(24)20(22)26/h15-18,20,24,26H,4-14,22H2,1-3H3,(H,23,25)(H,27,28)/t15?,16?,17-,18+,20+/m0/s1. The number of carboxylic acid groups (broad SMARTS) is 1. The number of aliphatic hydroxyl groups is 2. The van der Waals surface area contributed by atoms with E-state index in [0.717, 1.165) is 31.1 Å². The zero-order chi connectivity index (χ0) is 21.5. The molecule has 0 fully saturated rings. The first-order chi connectivity index (χ1) is 13.2. The van der Waals surface area contributed by atoms with Crippen molar-refractivity contribution in [3.63, 3.8) is 0 Å². The molecule has 0 bridgehead atoms. The summed E-state index contributed by atoms with van der Waals surface area (Å²) >= 11 is 0. The van der Waals surface area contributed by atoms with E-state index >= 15 is 0 Å². The minimum Gasteiger partial charge on any atom is -0.480 e. The number of nitrogens with two attached hydrogens (primary N) is 1. The highest BCUT2D eigenvalue weighted by molar-refractivity contribution is 5.83. The Morgan fingerprint density at radius 1 is 0.929 bits per heavy atom. The Hall–Kier alpha value is -1.18. The fourth-order valence-electron chi connectivity index (χ4n) is 3.33. The molecule has 28 heavy (non-hydrogen) atoms. The van der Waals surface area contributed by atoms with Gasteiger partial charge >= 0.3 is 5.97 Å². The minimum atomic E-state index is -1.53. The van der Waals surface area contributed by atoms with Gasteiger partial charge in [-0.05, 0) is 24.7 Å². The maximum absolute atomic E-state index is 11.9. The summed E-state index contributed by atoms with van der Waals surface area (Å²) in [6.45, 7) is 6.89. The number of carboxylic acids is 1. The summed E-state index contributed by atoms with van der Waals surface area (Å²) in [5, 5.41) is 30.0. The number of hydrogen-bond donors (Lipinski definition) is 5. The molecule has 166 valence electrons. The molecule has 0 radical (unpaired) electrons.